The van der Waals surface area contributed by atoms with E-state index in [-0.39, 0.29) is 11.9 Å². The maximum atomic E-state index is 11.6. The van der Waals surface area contributed by atoms with Crippen LogP contribution in [0.15, 0.2) is 12.4 Å². The van der Waals surface area contributed by atoms with Crippen LogP contribution >= 0.6 is 0 Å². The van der Waals surface area contributed by atoms with Crippen LogP contribution in [-0.2, 0) is 6.42 Å². The zero-order valence-corrected chi connectivity index (χ0v) is 11.7. The number of anilines is 1. The topological polar surface area (TPSA) is 87.1 Å². The first-order valence-electron chi connectivity index (χ1n) is 6.56. The van der Waals surface area contributed by atoms with Crippen LogP contribution in [0.1, 0.15) is 33.0 Å². The Hall–Kier alpha value is -1.69. The first-order chi connectivity index (χ1) is 9.02. The van der Waals surface area contributed by atoms with Gasteiger partial charge in [0.15, 0.2) is 0 Å². The molecule has 1 atom stereocenters. The van der Waals surface area contributed by atoms with Crippen LogP contribution in [0.4, 0.5) is 10.5 Å². The molecule has 106 valence electrons. The van der Waals surface area contributed by atoms with Crippen molar-refractivity contribution in [2.75, 3.05) is 11.9 Å². The Morgan fingerprint density at radius 3 is 2.53 bits per heavy atom. The van der Waals surface area contributed by atoms with E-state index >= 15 is 0 Å². The molecule has 0 bridgehead atoms. The van der Waals surface area contributed by atoms with Gasteiger partial charge in [-0.3, -0.25) is 0 Å². The number of urea groups is 1. The molecule has 0 aliphatic rings. The Kier molecular flexibility index (Phi) is 6.21. The molecule has 3 N–H and O–H groups in total. The SMILES string of the molecule is CCc1ncc(NC(=O)NCCC(O)C(C)C)cn1. The molecular formula is C13H22N4O2. The molecule has 0 saturated carbocycles. The van der Waals surface area contributed by atoms with E-state index in [4.69, 9.17) is 0 Å². The van der Waals surface area contributed by atoms with Gasteiger partial charge in [0.1, 0.15) is 5.82 Å². The van der Waals surface area contributed by atoms with Crippen LogP contribution in [0.25, 0.3) is 0 Å². The molecular weight excluding hydrogens is 244 g/mol. The van der Waals surface area contributed by atoms with Crippen molar-refractivity contribution in [1.82, 2.24) is 15.3 Å². The van der Waals surface area contributed by atoms with Crippen molar-refractivity contribution in [1.29, 1.82) is 0 Å². The number of nitrogens with one attached hydrogen (secondary N) is 2. The van der Waals surface area contributed by atoms with E-state index in [1.54, 1.807) is 12.4 Å². The number of carbonyl (C=O) groups is 1. The van der Waals surface area contributed by atoms with E-state index in [1.807, 2.05) is 20.8 Å². The molecule has 0 aliphatic carbocycles. The summed E-state index contributed by atoms with van der Waals surface area (Å²) in [5, 5.41) is 14.9. The first-order valence-corrected chi connectivity index (χ1v) is 6.56. The zero-order valence-electron chi connectivity index (χ0n) is 11.7. The maximum absolute atomic E-state index is 11.6. The lowest BCUT2D eigenvalue weighted by atomic mass is 10.0. The number of carbonyl (C=O) groups excluding carboxylic acids is 1. The lowest BCUT2D eigenvalue weighted by molar-refractivity contribution is 0.117. The molecule has 0 aliphatic heterocycles. The normalized spacial score (nSPS) is 12.3. The summed E-state index contributed by atoms with van der Waals surface area (Å²) in [7, 11) is 0. The highest BCUT2D eigenvalue weighted by Crippen LogP contribution is 2.05. The van der Waals surface area contributed by atoms with Gasteiger partial charge in [-0.25, -0.2) is 14.8 Å². The number of aromatic nitrogens is 2. The number of rotatable bonds is 6. The summed E-state index contributed by atoms with van der Waals surface area (Å²) in [4.78, 5) is 19.7. The minimum absolute atomic E-state index is 0.194. The second kappa shape index (κ2) is 7.68. The molecule has 1 unspecified atom stereocenters. The van der Waals surface area contributed by atoms with Crippen LogP contribution < -0.4 is 10.6 Å². The fraction of sp³-hybridized carbons (Fsp3) is 0.615. The van der Waals surface area contributed by atoms with E-state index < -0.39 is 6.10 Å². The second-order valence-corrected chi connectivity index (χ2v) is 4.72. The van der Waals surface area contributed by atoms with E-state index in [0.717, 1.165) is 12.2 Å². The lowest BCUT2D eigenvalue weighted by Crippen LogP contribution is -2.32. The summed E-state index contributed by atoms with van der Waals surface area (Å²) in [6.45, 7) is 6.28. The van der Waals surface area contributed by atoms with E-state index in [0.29, 0.717) is 18.7 Å². The third-order valence-electron chi connectivity index (χ3n) is 2.77. The van der Waals surface area contributed by atoms with E-state index in [2.05, 4.69) is 20.6 Å². The fourth-order valence-electron chi connectivity index (χ4n) is 1.44. The quantitative estimate of drug-likeness (QED) is 0.729. The predicted octanol–water partition coefficient (Wildman–Crippen LogP) is 1.57. The first kappa shape index (κ1) is 15.4. The molecule has 6 nitrogen and oxygen atoms in total. The summed E-state index contributed by atoms with van der Waals surface area (Å²) >= 11 is 0. The number of aryl methyl sites for hydroxylation is 1. The molecule has 0 fully saturated rings. The van der Waals surface area contributed by atoms with Gasteiger partial charge in [-0.1, -0.05) is 20.8 Å². The van der Waals surface area contributed by atoms with E-state index in [1.165, 1.54) is 0 Å². The molecule has 1 heterocycles. The van der Waals surface area contributed by atoms with Crippen LogP contribution in [0.3, 0.4) is 0 Å². The molecule has 6 heteroatoms. The Morgan fingerprint density at radius 2 is 2.00 bits per heavy atom. The third kappa shape index (κ3) is 5.65. The van der Waals surface area contributed by atoms with Crippen molar-refractivity contribution in [3.05, 3.63) is 18.2 Å². The van der Waals surface area contributed by atoms with Gasteiger partial charge in [0.05, 0.1) is 24.2 Å². The molecule has 0 saturated heterocycles. The highest BCUT2D eigenvalue weighted by atomic mass is 16.3. The molecule has 0 aromatic carbocycles. The highest BCUT2D eigenvalue weighted by molar-refractivity contribution is 5.88. The van der Waals surface area contributed by atoms with Crippen molar-refractivity contribution >= 4 is 11.7 Å². The molecule has 19 heavy (non-hydrogen) atoms. The van der Waals surface area contributed by atoms with Crippen molar-refractivity contribution in [2.24, 2.45) is 5.92 Å². The third-order valence-corrected chi connectivity index (χ3v) is 2.77. The van der Waals surface area contributed by atoms with Gasteiger partial charge < -0.3 is 15.7 Å². The smallest absolute Gasteiger partial charge is 0.319 e. The largest absolute Gasteiger partial charge is 0.393 e. The van der Waals surface area contributed by atoms with Gasteiger partial charge >= 0.3 is 6.03 Å². The van der Waals surface area contributed by atoms with Crippen molar-refractivity contribution in [3.8, 4) is 0 Å². The van der Waals surface area contributed by atoms with Crippen molar-refractivity contribution in [3.63, 3.8) is 0 Å². The summed E-state index contributed by atoms with van der Waals surface area (Å²) in [6.07, 6.45) is 4.06. The standard InChI is InChI=1S/C13H22N4O2/c1-4-12-15-7-10(8-16-12)17-13(19)14-6-5-11(18)9(2)3/h7-9,11,18H,4-6H2,1-3H3,(H2,14,17,19). The van der Waals surface area contributed by atoms with Crippen molar-refractivity contribution < 1.29 is 9.90 Å². The van der Waals surface area contributed by atoms with Crippen LogP contribution in [-0.4, -0.2) is 33.8 Å². The summed E-state index contributed by atoms with van der Waals surface area (Å²) < 4.78 is 0. The van der Waals surface area contributed by atoms with Gasteiger partial charge in [-0.2, -0.15) is 0 Å². The highest BCUT2D eigenvalue weighted by Gasteiger charge is 2.09. The Balaban J connectivity index is 2.30. The minimum Gasteiger partial charge on any atom is -0.393 e. The lowest BCUT2D eigenvalue weighted by Gasteiger charge is -2.14. The number of aliphatic hydroxyl groups is 1. The average molecular weight is 266 g/mol. The molecule has 0 spiro atoms. The zero-order chi connectivity index (χ0) is 14.3. The van der Waals surface area contributed by atoms with E-state index in [9.17, 15) is 9.90 Å². The Morgan fingerprint density at radius 1 is 1.37 bits per heavy atom. The van der Waals surface area contributed by atoms with Crippen LogP contribution in [0.5, 0.6) is 0 Å². The van der Waals surface area contributed by atoms with Gasteiger partial charge in [0.2, 0.25) is 0 Å². The van der Waals surface area contributed by atoms with Gasteiger partial charge in [-0.15, -0.1) is 0 Å². The monoisotopic (exact) mass is 266 g/mol. The summed E-state index contributed by atoms with van der Waals surface area (Å²) in [5.41, 5.74) is 0.555. The van der Waals surface area contributed by atoms with Crippen LogP contribution in [0, 0.1) is 5.92 Å². The molecule has 0 radical (unpaired) electrons. The minimum atomic E-state index is -0.396. The summed E-state index contributed by atoms with van der Waals surface area (Å²) in [5.74, 6) is 0.936. The number of hydrogen-bond acceptors (Lipinski definition) is 4. The summed E-state index contributed by atoms with van der Waals surface area (Å²) in [6, 6.07) is -0.316. The number of aliphatic hydroxyl groups excluding tert-OH is 1. The average Bonchev–Trinajstić information content (AvgIpc) is 2.39. The maximum Gasteiger partial charge on any atom is 0.319 e. The van der Waals surface area contributed by atoms with Crippen LogP contribution in [0.2, 0.25) is 0 Å². The van der Waals surface area contributed by atoms with Gasteiger partial charge in [0, 0.05) is 13.0 Å². The molecule has 1 aromatic rings. The number of hydrogen-bond donors (Lipinski definition) is 3. The molecule has 1 rings (SSSR count). The number of nitrogens with zero attached hydrogens (tertiary/aromatic N) is 2. The number of amides is 2. The molecule has 1 aromatic heterocycles. The Labute approximate surface area is 113 Å². The molecule has 2 amide bonds. The van der Waals surface area contributed by atoms with Gasteiger partial charge in [-0.05, 0) is 12.3 Å². The Bertz CT molecular complexity index is 392. The van der Waals surface area contributed by atoms with Crippen molar-refractivity contribution in [2.45, 2.75) is 39.7 Å². The predicted molar refractivity (Wildman–Crippen MR) is 73.9 cm³/mol. The van der Waals surface area contributed by atoms with Gasteiger partial charge in [0.25, 0.3) is 0 Å². The fourth-order valence-corrected chi connectivity index (χ4v) is 1.44. The second-order valence-electron chi connectivity index (χ2n) is 4.72.